The van der Waals surface area contributed by atoms with E-state index in [0.29, 0.717) is 47.0 Å². The lowest BCUT2D eigenvalue weighted by Gasteiger charge is -2.21. The number of amides is 1. The zero-order chi connectivity index (χ0) is 28.8. The Morgan fingerprint density at radius 3 is 2.73 bits per heavy atom. The van der Waals surface area contributed by atoms with Gasteiger partial charge in [-0.2, -0.15) is 0 Å². The van der Waals surface area contributed by atoms with E-state index in [4.69, 9.17) is 26.7 Å². The van der Waals surface area contributed by atoms with Crippen LogP contribution in [0.3, 0.4) is 0 Å². The van der Waals surface area contributed by atoms with Crippen LogP contribution in [-0.4, -0.2) is 33.1 Å². The maximum absolute atomic E-state index is 13.3. The third-order valence-electron chi connectivity index (χ3n) is 7.60. The molecule has 4 aromatic heterocycles. The van der Waals surface area contributed by atoms with Crippen molar-refractivity contribution in [2.24, 2.45) is 11.7 Å². The Bertz CT molecular complexity index is 1790. The first kappa shape index (κ1) is 27.4. The minimum absolute atomic E-state index is 0.235. The molecule has 41 heavy (non-hydrogen) atoms. The van der Waals surface area contributed by atoms with Crippen LogP contribution in [0, 0.1) is 12.8 Å². The molecule has 1 aliphatic rings. The molecule has 10 heteroatoms. The Kier molecular flexibility index (Phi) is 7.25. The number of hydrogen-bond donors (Lipinski definition) is 2. The number of primary amides is 1. The number of rotatable bonds is 8. The lowest BCUT2D eigenvalue weighted by atomic mass is 9.88. The summed E-state index contributed by atoms with van der Waals surface area (Å²) in [5.74, 6) is 1.50. The summed E-state index contributed by atoms with van der Waals surface area (Å²) in [6.45, 7) is 5.98. The first-order valence-electron chi connectivity index (χ1n) is 13.7. The van der Waals surface area contributed by atoms with Crippen molar-refractivity contribution in [3.8, 4) is 21.9 Å². The van der Waals surface area contributed by atoms with Crippen LogP contribution in [0.4, 0.5) is 5.82 Å². The van der Waals surface area contributed by atoms with Crippen molar-refractivity contribution < 1.29 is 9.21 Å². The lowest BCUT2D eigenvalue weighted by Crippen LogP contribution is -2.20. The van der Waals surface area contributed by atoms with Crippen molar-refractivity contribution in [3.63, 3.8) is 0 Å². The zero-order valence-corrected chi connectivity index (χ0v) is 25.0. The first-order chi connectivity index (χ1) is 19.7. The van der Waals surface area contributed by atoms with Gasteiger partial charge >= 0.3 is 0 Å². The number of benzene rings is 1. The number of hydrogen-bond acceptors (Lipinski definition) is 8. The van der Waals surface area contributed by atoms with Crippen LogP contribution in [0.15, 0.2) is 40.9 Å². The van der Waals surface area contributed by atoms with E-state index in [2.05, 4.69) is 52.5 Å². The van der Waals surface area contributed by atoms with Crippen LogP contribution in [0.5, 0.6) is 0 Å². The van der Waals surface area contributed by atoms with Gasteiger partial charge in [-0.25, -0.2) is 4.98 Å². The second-order valence-electron chi connectivity index (χ2n) is 10.9. The topological polar surface area (TPSA) is 120 Å². The molecule has 0 saturated carbocycles. The monoisotopic (exact) mass is 586 g/mol. The van der Waals surface area contributed by atoms with E-state index in [1.165, 1.54) is 11.1 Å². The molecule has 1 aliphatic carbocycles. The van der Waals surface area contributed by atoms with Crippen molar-refractivity contribution in [3.05, 3.63) is 75.5 Å². The molecule has 3 N–H and O–H groups in total. The summed E-state index contributed by atoms with van der Waals surface area (Å²) in [7, 11) is 1.85. The summed E-state index contributed by atoms with van der Waals surface area (Å²) < 4.78 is 7.03. The molecule has 0 spiro atoms. The van der Waals surface area contributed by atoms with Gasteiger partial charge in [-0.3, -0.25) is 9.78 Å². The van der Waals surface area contributed by atoms with Gasteiger partial charge in [0.05, 0.1) is 27.2 Å². The number of pyridine rings is 2. The molecule has 0 fully saturated rings. The van der Waals surface area contributed by atoms with Gasteiger partial charge in [0.1, 0.15) is 5.82 Å². The van der Waals surface area contributed by atoms with Crippen molar-refractivity contribution in [1.29, 1.82) is 0 Å². The number of anilines is 1. The summed E-state index contributed by atoms with van der Waals surface area (Å²) in [6.07, 6.45) is 4.96. The number of aromatic nitrogens is 4. The average Bonchev–Trinajstić information content (AvgIpc) is 3.65. The van der Waals surface area contributed by atoms with Crippen LogP contribution in [0.1, 0.15) is 64.9 Å². The van der Waals surface area contributed by atoms with Crippen LogP contribution < -0.4 is 11.1 Å². The SMILES string of the molecule is CNc1nccc2cc(-c3c(C(N)=O)c(CC(C)C)nc(C[C@H]4CCc5cc(Cl)ccc54)c3-c3nnc(C)o3)sc12. The zero-order valence-electron chi connectivity index (χ0n) is 23.4. The van der Waals surface area contributed by atoms with Gasteiger partial charge in [0.25, 0.3) is 5.91 Å². The molecular weight excluding hydrogens is 556 g/mol. The van der Waals surface area contributed by atoms with E-state index < -0.39 is 5.91 Å². The highest BCUT2D eigenvalue weighted by Gasteiger charge is 2.32. The van der Waals surface area contributed by atoms with Crippen molar-refractivity contribution >= 4 is 44.7 Å². The smallest absolute Gasteiger partial charge is 0.251 e. The van der Waals surface area contributed by atoms with E-state index in [1.54, 1.807) is 24.5 Å². The minimum Gasteiger partial charge on any atom is -0.421 e. The highest BCUT2D eigenvalue weighted by Crippen LogP contribution is 2.46. The fourth-order valence-corrected chi connectivity index (χ4v) is 7.30. The second-order valence-corrected chi connectivity index (χ2v) is 12.4. The van der Waals surface area contributed by atoms with E-state index in [0.717, 1.165) is 44.3 Å². The van der Waals surface area contributed by atoms with Gasteiger partial charge in [-0.1, -0.05) is 31.5 Å². The highest BCUT2D eigenvalue weighted by molar-refractivity contribution is 7.22. The van der Waals surface area contributed by atoms with E-state index >= 15 is 0 Å². The Morgan fingerprint density at radius 2 is 2.02 bits per heavy atom. The number of halogens is 1. The largest absolute Gasteiger partial charge is 0.421 e. The fourth-order valence-electron chi connectivity index (χ4n) is 5.90. The first-order valence-corrected chi connectivity index (χ1v) is 14.9. The quantitative estimate of drug-likeness (QED) is 0.201. The predicted molar refractivity (Wildman–Crippen MR) is 164 cm³/mol. The summed E-state index contributed by atoms with van der Waals surface area (Å²) in [5, 5.41) is 13.5. The van der Waals surface area contributed by atoms with Crippen LogP contribution in [-0.2, 0) is 19.3 Å². The molecule has 210 valence electrons. The molecule has 0 aliphatic heterocycles. The summed E-state index contributed by atoms with van der Waals surface area (Å²) in [6, 6.07) is 10.2. The third kappa shape index (κ3) is 5.08. The number of aryl methyl sites for hydroxylation is 2. The number of thiophene rings is 1. The number of nitrogens with zero attached hydrogens (tertiary/aromatic N) is 4. The molecule has 0 bridgehead atoms. The van der Waals surface area contributed by atoms with Gasteiger partial charge in [0, 0.05) is 35.6 Å². The second kappa shape index (κ2) is 10.9. The van der Waals surface area contributed by atoms with Gasteiger partial charge in [-0.15, -0.1) is 21.5 Å². The van der Waals surface area contributed by atoms with Gasteiger partial charge in [0.15, 0.2) is 0 Å². The van der Waals surface area contributed by atoms with Crippen molar-refractivity contribution in [1.82, 2.24) is 20.2 Å². The maximum atomic E-state index is 13.3. The number of nitrogens with two attached hydrogens (primary N) is 1. The Labute approximate surface area is 247 Å². The Balaban J connectivity index is 1.65. The van der Waals surface area contributed by atoms with Gasteiger partial charge < -0.3 is 15.5 Å². The predicted octanol–water partition coefficient (Wildman–Crippen LogP) is 6.98. The van der Waals surface area contributed by atoms with E-state index in [1.807, 2.05) is 19.2 Å². The van der Waals surface area contributed by atoms with E-state index in [9.17, 15) is 4.79 Å². The molecule has 1 aromatic carbocycles. The van der Waals surface area contributed by atoms with Gasteiger partial charge in [-0.05, 0) is 78.3 Å². The standard InChI is InChI=1S/C31H31ClN6O2S/c1-15(2)11-22-25(29(33)39)27(24-14-19-9-10-35-30(34-4)28(19)41-24)26(31-38-37-16(3)40-31)23(36-22)13-18-6-5-17-12-20(32)7-8-21(17)18/h7-10,12,14-15,18H,5-6,11,13H2,1-4H3,(H2,33,39)(H,34,35)/t18-/m1/s1. The molecule has 0 radical (unpaired) electrons. The number of carbonyl (C=O) groups is 1. The molecule has 0 saturated heterocycles. The van der Waals surface area contributed by atoms with E-state index in [-0.39, 0.29) is 11.8 Å². The Hall–Kier alpha value is -3.82. The van der Waals surface area contributed by atoms with Crippen LogP contribution in [0.2, 0.25) is 5.02 Å². The van der Waals surface area contributed by atoms with Crippen LogP contribution >= 0.6 is 22.9 Å². The third-order valence-corrected chi connectivity index (χ3v) is 9.01. The Morgan fingerprint density at radius 1 is 1.20 bits per heavy atom. The molecule has 4 heterocycles. The molecule has 5 aromatic rings. The molecular formula is C31H31ClN6O2S. The molecule has 6 rings (SSSR count). The fraction of sp³-hybridized carbons (Fsp3) is 0.323. The lowest BCUT2D eigenvalue weighted by molar-refractivity contribution is 0.0999. The summed E-state index contributed by atoms with van der Waals surface area (Å²) in [5.41, 5.74) is 12.0. The van der Waals surface area contributed by atoms with Crippen LogP contribution in [0.25, 0.3) is 32.0 Å². The summed E-state index contributed by atoms with van der Waals surface area (Å²) >= 11 is 7.86. The number of carbonyl (C=O) groups excluding carboxylic acids is 1. The highest BCUT2D eigenvalue weighted by atomic mass is 35.5. The van der Waals surface area contributed by atoms with Crippen molar-refractivity contribution in [2.45, 2.75) is 52.4 Å². The maximum Gasteiger partial charge on any atom is 0.251 e. The molecule has 1 atom stereocenters. The van der Waals surface area contributed by atoms with Crippen molar-refractivity contribution in [2.75, 3.05) is 12.4 Å². The average molecular weight is 587 g/mol. The number of nitrogens with one attached hydrogen (secondary N) is 1. The molecule has 8 nitrogen and oxygen atoms in total. The minimum atomic E-state index is -0.530. The molecule has 0 unspecified atom stereocenters. The summed E-state index contributed by atoms with van der Waals surface area (Å²) in [4.78, 5) is 23.8. The van der Waals surface area contributed by atoms with Gasteiger partial charge in [0.2, 0.25) is 11.8 Å². The molecule has 1 amide bonds. The number of fused-ring (bicyclic) bond motifs is 2. The normalized spacial score (nSPS) is 14.6.